The summed E-state index contributed by atoms with van der Waals surface area (Å²) >= 11 is 0. The van der Waals surface area contributed by atoms with E-state index in [2.05, 4.69) is 0 Å². The Morgan fingerprint density at radius 1 is 1.71 bits per heavy atom. The average Bonchev–Trinajstić information content (AvgIpc) is 1.33. The van der Waals surface area contributed by atoms with Gasteiger partial charge in [-0.2, -0.15) is 0 Å². The van der Waals surface area contributed by atoms with Crippen LogP contribution in [0.3, 0.4) is 0 Å². The average molecular weight is 105 g/mol. The number of hydrogen-bond donors (Lipinski definition) is 2. The molecule has 0 aromatic rings. The predicted octanol–water partition coefficient (Wildman–Crippen LogP) is 0.0543. The second kappa shape index (κ2) is 9.06. The topological polar surface area (TPSA) is 63.3 Å². The maximum atomic E-state index is 8.36. The van der Waals surface area contributed by atoms with E-state index >= 15 is 0 Å². The van der Waals surface area contributed by atoms with Gasteiger partial charge in [-0.15, -0.1) is 0 Å². The van der Waals surface area contributed by atoms with Gasteiger partial charge in [0.1, 0.15) is 0 Å². The smallest absolute Gasteiger partial charge is 0.290 e. The highest BCUT2D eigenvalue weighted by atomic mass is 16.3. The number of carbonyl (C=O) groups is 1. The van der Waals surface area contributed by atoms with Crippen LogP contribution in [0.25, 0.3) is 0 Å². The molecule has 0 aliphatic rings. The first-order valence-corrected chi connectivity index (χ1v) is 1.98. The van der Waals surface area contributed by atoms with Crippen LogP contribution in [-0.4, -0.2) is 17.6 Å². The molecule has 0 rings (SSSR count). The summed E-state index contributed by atoms with van der Waals surface area (Å²) in [6.07, 6.45) is 0. The second-order valence-corrected chi connectivity index (χ2v) is 1.35. The normalized spacial score (nSPS) is 6.86. The maximum Gasteiger partial charge on any atom is 0.290 e. The summed E-state index contributed by atoms with van der Waals surface area (Å²) in [6.45, 7) is 3.64. The van der Waals surface area contributed by atoms with Crippen molar-refractivity contribution in [1.29, 1.82) is 0 Å². The van der Waals surface area contributed by atoms with E-state index in [0.717, 1.165) is 0 Å². The first-order valence-electron chi connectivity index (χ1n) is 1.98. The third-order valence-corrected chi connectivity index (χ3v) is 0. The van der Waals surface area contributed by atoms with Crippen LogP contribution in [0.5, 0.6) is 0 Å². The lowest BCUT2D eigenvalue weighted by molar-refractivity contribution is -0.122. The number of nitrogens with two attached hydrogens (primary N) is 1. The summed E-state index contributed by atoms with van der Waals surface area (Å²) in [7, 11) is 0. The van der Waals surface area contributed by atoms with Crippen molar-refractivity contribution in [3.8, 4) is 0 Å². The third-order valence-electron chi connectivity index (χ3n) is 0. The molecule has 3 nitrogen and oxygen atoms in total. The molecule has 0 aromatic heterocycles. The van der Waals surface area contributed by atoms with Crippen LogP contribution in [0, 0.1) is 0 Å². The van der Waals surface area contributed by atoms with Crippen molar-refractivity contribution in [2.45, 2.75) is 19.9 Å². The predicted molar refractivity (Wildman–Crippen MR) is 28.0 cm³/mol. The van der Waals surface area contributed by atoms with Crippen LogP contribution < -0.4 is 5.73 Å². The molecule has 0 aliphatic heterocycles. The quantitative estimate of drug-likeness (QED) is 0.428. The van der Waals surface area contributed by atoms with Crippen molar-refractivity contribution in [2.24, 2.45) is 5.73 Å². The Morgan fingerprint density at radius 3 is 1.71 bits per heavy atom. The molecule has 0 saturated carbocycles. The van der Waals surface area contributed by atoms with Gasteiger partial charge in [-0.3, -0.25) is 4.79 Å². The van der Waals surface area contributed by atoms with Crippen molar-refractivity contribution < 1.29 is 9.90 Å². The van der Waals surface area contributed by atoms with Gasteiger partial charge >= 0.3 is 0 Å². The first kappa shape index (κ1) is 9.66. The Morgan fingerprint density at radius 2 is 1.71 bits per heavy atom. The van der Waals surface area contributed by atoms with Crippen molar-refractivity contribution in [1.82, 2.24) is 0 Å². The highest BCUT2D eigenvalue weighted by Gasteiger charge is 1.67. The molecule has 0 heterocycles. The lowest BCUT2D eigenvalue weighted by atomic mass is 10.5. The zero-order valence-electron chi connectivity index (χ0n) is 4.59. The van der Waals surface area contributed by atoms with E-state index in [0.29, 0.717) is 6.04 Å². The van der Waals surface area contributed by atoms with Gasteiger partial charge in [-0.1, -0.05) is 13.8 Å². The molecular formula is C4H11NO2. The molecule has 0 aromatic carbocycles. The highest BCUT2D eigenvalue weighted by Crippen LogP contribution is 1.58. The first-order chi connectivity index (χ1) is 3.15. The van der Waals surface area contributed by atoms with Gasteiger partial charge in [-0.25, -0.2) is 0 Å². The number of carboxylic acid groups (broad SMARTS) is 1. The minimum absolute atomic E-state index is 0.250. The second-order valence-electron chi connectivity index (χ2n) is 1.35. The molecule has 3 N–H and O–H groups in total. The van der Waals surface area contributed by atoms with Crippen molar-refractivity contribution in [3.63, 3.8) is 0 Å². The minimum Gasteiger partial charge on any atom is -0.483 e. The van der Waals surface area contributed by atoms with Crippen LogP contribution in [0.15, 0.2) is 0 Å². The Balaban J connectivity index is 0. The fourth-order valence-electron chi connectivity index (χ4n) is 0. The minimum atomic E-state index is -0.250. The molecule has 0 fully saturated rings. The summed E-state index contributed by atoms with van der Waals surface area (Å²) in [4.78, 5) is 8.36. The molecule has 0 aliphatic carbocycles. The molecule has 0 unspecified atom stereocenters. The molecule has 3 heteroatoms. The van der Waals surface area contributed by atoms with E-state index in [-0.39, 0.29) is 6.47 Å². The summed E-state index contributed by atoms with van der Waals surface area (Å²) in [6, 6.07) is 0.333. The van der Waals surface area contributed by atoms with E-state index in [4.69, 9.17) is 15.6 Å². The third kappa shape index (κ3) is 197. The van der Waals surface area contributed by atoms with Crippen molar-refractivity contribution in [2.75, 3.05) is 0 Å². The lowest BCUT2D eigenvalue weighted by Gasteiger charge is -1.81. The van der Waals surface area contributed by atoms with Crippen molar-refractivity contribution >= 4 is 6.47 Å². The fourth-order valence-corrected chi connectivity index (χ4v) is 0. The summed E-state index contributed by atoms with van der Waals surface area (Å²) in [5.74, 6) is 0. The Hall–Kier alpha value is -0.570. The van der Waals surface area contributed by atoms with E-state index in [1.807, 2.05) is 13.8 Å². The molecule has 0 atom stereocenters. The molecule has 0 amide bonds. The van der Waals surface area contributed by atoms with Crippen LogP contribution in [0.1, 0.15) is 13.8 Å². The monoisotopic (exact) mass is 105 g/mol. The van der Waals surface area contributed by atoms with Gasteiger partial charge in [0.25, 0.3) is 6.47 Å². The Bertz CT molecular complexity index is 33.9. The maximum absolute atomic E-state index is 8.36. The molecule has 44 valence electrons. The summed E-state index contributed by atoms with van der Waals surface area (Å²) < 4.78 is 0. The Kier molecular flexibility index (Phi) is 12.5. The summed E-state index contributed by atoms with van der Waals surface area (Å²) in [5, 5.41) is 6.89. The van der Waals surface area contributed by atoms with Gasteiger partial charge in [0, 0.05) is 0 Å². The van der Waals surface area contributed by atoms with Crippen molar-refractivity contribution in [3.05, 3.63) is 0 Å². The van der Waals surface area contributed by atoms with Crippen LogP contribution >= 0.6 is 0 Å². The van der Waals surface area contributed by atoms with Crippen LogP contribution in [-0.2, 0) is 4.79 Å². The van der Waals surface area contributed by atoms with E-state index < -0.39 is 0 Å². The number of hydrogen-bond acceptors (Lipinski definition) is 2. The highest BCUT2D eigenvalue weighted by molar-refractivity contribution is 5.32. The largest absolute Gasteiger partial charge is 0.483 e. The molecule has 0 bridgehead atoms. The molecule has 0 saturated heterocycles. The molecule has 7 heavy (non-hydrogen) atoms. The van der Waals surface area contributed by atoms with E-state index in [1.165, 1.54) is 0 Å². The standard InChI is InChI=1S/C3H9N.CH2O2/c1-3(2)4;2-1-3/h3H,4H2,1-2H3;1H,(H,2,3). The zero-order valence-corrected chi connectivity index (χ0v) is 4.59. The van der Waals surface area contributed by atoms with E-state index in [1.54, 1.807) is 0 Å². The molecular weight excluding hydrogens is 94.0 g/mol. The SMILES string of the molecule is CC(C)N.O=CO. The van der Waals surface area contributed by atoms with Gasteiger partial charge in [0.15, 0.2) is 0 Å². The molecule has 0 radical (unpaired) electrons. The van der Waals surface area contributed by atoms with Crippen LogP contribution in [0.2, 0.25) is 0 Å². The van der Waals surface area contributed by atoms with Gasteiger partial charge in [0.05, 0.1) is 0 Å². The van der Waals surface area contributed by atoms with E-state index in [9.17, 15) is 0 Å². The van der Waals surface area contributed by atoms with Gasteiger partial charge in [0.2, 0.25) is 0 Å². The molecule has 0 spiro atoms. The fraction of sp³-hybridized carbons (Fsp3) is 0.750. The lowest BCUT2D eigenvalue weighted by Crippen LogP contribution is -2.06. The van der Waals surface area contributed by atoms with Crippen LogP contribution in [0.4, 0.5) is 0 Å². The summed E-state index contributed by atoms with van der Waals surface area (Å²) in [5.41, 5.74) is 5.11. The van der Waals surface area contributed by atoms with Gasteiger partial charge < -0.3 is 10.8 Å². The van der Waals surface area contributed by atoms with Gasteiger partial charge in [-0.05, 0) is 6.04 Å². The number of rotatable bonds is 0. The Labute approximate surface area is 43.1 Å². The zero-order chi connectivity index (χ0) is 6.28.